The molecule has 2 aliphatic rings. The predicted octanol–water partition coefficient (Wildman–Crippen LogP) is 1.88. The maximum absolute atomic E-state index is 11.2. The number of hydrogen-bond donors (Lipinski definition) is 1. The van der Waals surface area contributed by atoms with Crippen LogP contribution in [0.2, 0.25) is 0 Å². The van der Waals surface area contributed by atoms with E-state index >= 15 is 0 Å². The quantitative estimate of drug-likeness (QED) is 0.909. The summed E-state index contributed by atoms with van der Waals surface area (Å²) in [5.41, 5.74) is 2.17. The molecule has 1 N–H and O–H groups in total. The lowest BCUT2D eigenvalue weighted by atomic mass is 10.1. The molecule has 1 aliphatic heterocycles. The number of ether oxygens (including phenoxy) is 1. The van der Waals surface area contributed by atoms with Crippen LogP contribution in [-0.2, 0) is 11.3 Å². The highest BCUT2D eigenvalue weighted by Gasteiger charge is 2.27. The predicted molar refractivity (Wildman–Crippen MR) is 73.9 cm³/mol. The zero-order valence-corrected chi connectivity index (χ0v) is 11.7. The Labute approximate surface area is 118 Å². The molecule has 1 saturated carbocycles. The number of carbonyl (C=O) groups is 1. The minimum atomic E-state index is -0.941. The van der Waals surface area contributed by atoms with Gasteiger partial charge < -0.3 is 9.84 Å². The van der Waals surface area contributed by atoms with Gasteiger partial charge in [-0.1, -0.05) is 0 Å². The molecule has 2 heterocycles. The molecule has 0 radical (unpaired) electrons. The van der Waals surface area contributed by atoms with Crippen molar-refractivity contribution in [1.29, 1.82) is 0 Å². The molecule has 0 amide bonds. The summed E-state index contributed by atoms with van der Waals surface area (Å²) >= 11 is 0. The molecule has 3 rings (SSSR count). The summed E-state index contributed by atoms with van der Waals surface area (Å²) in [4.78, 5) is 17.8. The number of carboxylic acid groups (broad SMARTS) is 1. The van der Waals surface area contributed by atoms with Crippen LogP contribution in [0.25, 0.3) is 0 Å². The van der Waals surface area contributed by atoms with E-state index < -0.39 is 5.97 Å². The first-order chi connectivity index (χ1) is 9.61. The highest BCUT2D eigenvalue weighted by Crippen LogP contribution is 2.39. The average Bonchev–Trinajstić information content (AvgIpc) is 3.22. The zero-order chi connectivity index (χ0) is 14.1. The molecular formula is C15H20N2O3. The second-order valence-electron chi connectivity index (χ2n) is 5.78. The van der Waals surface area contributed by atoms with E-state index in [0.29, 0.717) is 5.92 Å². The van der Waals surface area contributed by atoms with Gasteiger partial charge in [0.15, 0.2) is 0 Å². The van der Waals surface area contributed by atoms with Crippen molar-refractivity contribution in [1.82, 2.24) is 9.88 Å². The van der Waals surface area contributed by atoms with E-state index in [9.17, 15) is 9.90 Å². The third-order valence-electron chi connectivity index (χ3n) is 3.85. The molecule has 1 aromatic heterocycles. The fourth-order valence-electron chi connectivity index (χ4n) is 2.69. The minimum Gasteiger partial charge on any atom is -0.477 e. The number of nitrogens with zero attached hydrogens (tertiary/aromatic N) is 2. The van der Waals surface area contributed by atoms with Gasteiger partial charge in [0.1, 0.15) is 5.69 Å². The van der Waals surface area contributed by atoms with Crippen molar-refractivity contribution in [2.24, 2.45) is 0 Å². The Morgan fingerprint density at radius 1 is 1.50 bits per heavy atom. The van der Waals surface area contributed by atoms with Crippen molar-refractivity contribution >= 4 is 5.97 Å². The average molecular weight is 276 g/mol. The standard InChI is InChI=1S/C15H20N2O3/c1-10-8-17(4-5-20-10)9-11-6-13(12-2-3-12)16-14(7-11)15(18)19/h6-7,10,12H,2-5,8-9H2,1H3,(H,18,19)/t10-/m1/s1. The molecule has 0 unspecified atom stereocenters. The molecule has 0 aromatic carbocycles. The number of aromatic nitrogens is 1. The number of hydrogen-bond acceptors (Lipinski definition) is 4. The van der Waals surface area contributed by atoms with Gasteiger partial charge in [-0.2, -0.15) is 0 Å². The van der Waals surface area contributed by atoms with Crippen LogP contribution in [0.3, 0.4) is 0 Å². The van der Waals surface area contributed by atoms with E-state index in [-0.39, 0.29) is 11.8 Å². The summed E-state index contributed by atoms with van der Waals surface area (Å²) < 4.78 is 5.53. The smallest absolute Gasteiger partial charge is 0.354 e. The Morgan fingerprint density at radius 3 is 2.95 bits per heavy atom. The van der Waals surface area contributed by atoms with Gasteiger partial charge in [-0.3, -0.25) is 4.90 Å². The molecule has 1 aromatic rings. The van der Waals surface area contributed by atoms with Crippen LogP contribution in [0, 0.1) is 0 Å². The first kappa shape index (κ1) is 13.5. The van der Waals surface area contributed by atoms with E-state index in [2.05, 4.69) is 22.9 Å². The molecule has 5 nitrogen and oxygen atoms in total. The lowest BCUT2D eigenvalue weighted by Crippen LogP contribution is -2.40. The van der Waals surface area contributed by atoms with Gasteiger partial charge in [0.05, 0.1) is 12.7 Å². The summed E-state index contributed by atoms with van der Waals surface area (Å²) in [6.07, 6.45) is 2.50. The molecule has 20 heavy (non-hydrogen) atoms. The molecule has 5 heteroatoms. The second kappa shape index (κ2) is 5.50. The zero-order valence-electron chi connectivity index (χ0n) is 11.7. The van der Waals surface area contributed by atoms with Crippen molar-refractivity contribution in [3.05, 3.63) is 29.1 Å². The summed E-state index contributed by atoms with van der Waals surface area (Å²) in [6, 6.07) is 3.78. The first-order valence-corrected chi connectivity index (χ1v) is 7.20. The number of rotatable bonds is 4. The molecular weight excluding hydrogens is 256 g/mol. The maximum atomic E-state index is 11.2. The van der Waals surface area contributed by atoms with Crippen molar-refractivity contribution in [3.63, 3.8) is 0 Å². The lowest BCUT2D eigenvalue weighted by molar-refractivity contribution is -0.0212. The fourth-order valence-corrected chi connectivity index (χ4v) is 2.69. The number of carboxylic acids is 1. The van der Waals surface area contributed by atoms with Gasteiger partial charge in [-0.25, -0.2) is 9.78 Å². The minimum absolute atomic E-state index is 0.172. The van der Waals surface area contributed by atoms with Crippen LogP contribution in [-0.4, -0.2) is 46.8 Å². The van der Waals surface area contributed by atoms with Crippen LogP contribution in [0.5, 0.6) is 0 Å². The molecule has 0 bridgehead atoms. The Morgan fingerprint density at radius 2 is 2.30 bits per heavy atom. The van der Waals surface area contributed by atoms with Crippen LogP contribution in [0.15, 0.2) is 12.1 Å². The Bertz CT molecular complexity index is 514. The Hall–Kier alpha value is -1.46. The van der Waals surface area contributed by atoms with E-state index in [1.165, 1.54) is 0 Å². The molecule has 1 aliphatic carbocycles. The number of aromatic carboxylic acids is 1. The van der Waals surface area contributed by atoms with Crippen LogP contribution in [0.1, 0.15) is 47.4 Å². The Kier molecular flexibility index (Phi) is 3.72. The van der Waals surface area contributed by atoms with E-state index in [1.54, 1.807) is 6.07 Å². The largest absolute Gasteiger partial charge is 0.477 e. The Balaban J connectivity index is 1.78. The summed E-state index contributed by atoms with van der Waals surface area (Å²) in [7, 11) is 0. The third-order valence-corrected chi connectivity index (χ3v) is 3.85. The van der Waals surface area contributed by atoms with E-state index in [4.69, 9.17) is 4.74 Å². The van der Waals surface area contributed by atoms with Gasteiger partial charge in [0, 0.05) is 31.2 Å². The molecule has 1 saturated heterocycles. The number of morpholine rings is 1. The summed E-state index contributed by atoms with van der Waals surface area (Å²) in [6.45, 7) is 5.37. The topological polar surface area (TPSA) is 62.7 Å². The summed E-state index contributed by atoms with van der Waals surface area (Å²) in [5.74, 6) is -0.472. The van der Waals surface area contributed by atoms with E-state index in [0.717, 1.165) is 50.3 Å². The van der Waals surface area contributed by atoms with Crippen molar-refractivity contribution < 1.29 is 14.6 Å². The number of pyridine rings is 1. The van der Waals surface area contributed by atoms with Gasteiger partial charge in [-0.05, 0) is 37.5 Å². The molecule has 1 atom stereocenters. The second-order valence-corrected chi connectivity index (χ2v) is 5.78. The van der Waals surface area contributed by atoms with Gasteiger partial charge in [0.2, 0.25) is 0 Å². The summed E-state index contributed by atoms with van der Waals surface area (Å²) in [5, 5.41) is 9.19. The highest BCUT2D eigenvalue weighted by molar-refractivity contribution is 5.85. The van der Waals surface area contributed by atoms with Gasteiger partial charge in [0.25, 0.3) is 0 Å². The highest BCUT2D eigenvalue weighted by atomic mass is 16.5. The normalized spacial score (nSPS) is 23.8. The first-order valence-electron chi connectivity index (χ1n) is 7.20. The molecule has 108 valence electrons. The van der Waals surface area contributed by atoms with Crippen LogP contribution >= 0.6 is 0 Å². The molecule has 0 spiro atoms. The maximum Gasteiger partial charge on any atom is 0.354 e. The fraction of sp³-hybridized carbons (Fsp3) is 0.600. The molecule has 2 fully saturated rings. The van der Waals surface area contributed by atoms with Gasteiger partial charge >= 0.3 is 5.97 Å². The van der Waals surface area contributed by atoms with Crippen LogP contribution < -0.4 is 0 Å². The van der Waals surface area contributed by atoms with Crippen molar-refractivity contribution in [3.8, 4) is 0 Å². The monoisotopic (exact) mass is 276 g/mol. The van der Waals surface area contributed by atoms with Crippen LogP contribution in [0.4, 0.5) is 0 Å². The van der Waals surface area contributed by atoms with E-state index in [1.807, 2.05) is 0 Å². The van der Waals surface area contributed by atoms with Crippen molar-refractivity contribution in [2.75, 3.05) is 19.7 Å². The lowest BCUT2D eigenvalue weighted by Gasteiger charge is -2.31. The SMILES string of the molecule is C[C@@H]1CN(Cc2cc(C(=O)O)nc(C3CC3)c2)CCO1. The van der Waals surface area contributed by atoms with Crippen molar-refractivity contribution in [2.45, 2.75) is 38.3 Å². The third kappa shape index (κ3) is 3.16. The van der Waals surface area contributed by atoms with Gasteiger partial charge in [-0.15, -0.1) is 0 Å².